The highest BCUT2D eigenvalue weighted by Gasteiger charge is 2.10. The number of non-ortho nitro benzene ring substituents is 1. The van der Waals surface area contributed by atoms with Crippen molar-refractivity contribution in [2.75, 3.05) is 0 Å². The van der Waals surface area contributed by atoms with Crippen molar-refractivity contribution in [1.29, 1.82) is 0 Å². The van der Waals surface area contributed by atoms with Crippen molar-refractivity contribution in [2.45, 2.75) is 6.92 Å². The molecule has 0 saturated heterocycles. The summed E-state index contributed by atoms with van der Waals surface area (Å²) in [7, 11) is 0. The highest BCUT2D eigenvalue weighted by Crippen LogP contribution is 2.12. The first kappa shape index (κ1) is 16.9. The molecule has 0 aromatic heterocycles. The third-order valence-corrected chi connectivity index (χ3v) is 3.16. The summed E-state index contributed by atoms with van der Waals surface area (Å²) in [4.78, 5) is 33.8. The smallest absolute Gasteiger partial charge is 0.270 e. The normalized spacial score (nSPS) is 10.4. The summed E-state index contributed by atoms with van der Waals surface area (Å²) >= 11 is 0. The number of amides is 1. The molecule has 7 heteroatoms. The highest BCUT2D eigenvalue weighted by molar-refractivity contribution is 6.04. The lowest BCUT2D eigenvalue weighted by Gasteiger charge is -2.04. The predicted octanol–water partition coefficient (Wildman–Crippen LogP) is 2.53. The van der Waals surface area contributed by atoms with Gasteiger partial charge in [0.2, 0.25) is 0 Å². The Balaban J connectivity index is 1.90. The number of carbonyl (C=O) groups excluding carboxylic acids is 2. The lowest BCUT2D eigenvalue weighted by molar-refractivity contribution is -0.384. The van der Waals surface area contributed by atoms with Crippen LogP contribution in [0.3, 0.4) is 0 Å². The number of nitro groups is 1. The number of hydrazine groups is 1. The zero-order chi connectivity index (χ0) is 17.5. The lowest BCUT2D eigenvalue weighted by Crippen LogP contribution is -2.33. The van der Waals surface area contributed by atoms with Gasteiger partial charge in [0.05, 0.1) is 4.92 Å². The van der Waals surface area contributed by atoms with E-state index in [2.05, 4.69) is 10.9 Å². The second kappa shape index (κ2) is 7.68. The monoisotopic (exact) mass is 325 g/mol. The van der Waals surface area contributed by atoms with Gasteiger partial charge in [-0.1, -0.05) is 35.9 Å². The molecule has 0 aliphatic carbocycles. The van der Waals surface area contributed by atoms with Crippen LogP contribution in [0.2, 0.25) is 0 Å². The molecule has 24 heavy (non-hydrogen) atoms. The second-order valence-corrected chi connectivity index (χ2v) is 4.97. The fourth-order valence-corrected chi connectivity index (χ4v) is 1.87. The van der Waals surface area contributed by atoms with Gasteiger partial charge in [0.25, 0.3) is 11.6 Å². The molecule has 0 aliphatic rings. The molecule has 0 spiro atoms. The molecule has 0 heterocycles. The number of hydrogen-bond acceptors (Lipinski definition) is 5. The average Bonchev–Trinajstić information content (AvgIpc) is 2.59. The van der Waals surface area contributed by atoms with Crippen molar-refractivity contribution >= 4 is 17.4 Å². The van der Waals surface area contributed by atoms with Crippen LogP contribution >= 0.6 is 0 Å². The number of aryl methyl sites for hydroxylation is 1. The number of rotatable bonds is 6. The third-order valence-electron chi connectivity index (χ3n) is 3.16. The molecular formula is C17H15N3O4. The molecule has 122 valence electrons. The van der Waals surface area contributed by atoms with E-state index in [1.165, 1.54) is 30.5 Å². The minimum Gasteiger partial charge on any atom is -0.305 e. The number of hydrogen-bond donors (Lipinski definition) is 2. The molecule has 2 aromatic carbocycles. The second-order valence-electron chi connectivity index (χ2n) is 4.97. The number of ketones is 1. The van der Waals surface area contributed by atoms with Crippen molar-refractivity contribution in [1.82, 2.24) is 10.9 Å². The Kier molecular flexibility index (Phi) is 5.40. The van der Waals surface area contributed by atoms with Crippen molar-refractivity contribution in [3.63, 3.8) is 0 Å². The Morgan fingerprint density at radius 3 is 2.46 bits per heavy atom. The molecule has 2 rings (SSSR count). The van der Waals surface area contributed by atoms with E-state index in [1.54, 1.807) is 12.1 Å². The summed E-state index contributed by atoms with van der Waals surface area (Å²) in [6.45, 7) is 1.93. The summed E-state index contributed by atoms with van der Waals surface area (Å²) < 4.78 is 0. The Morgan fingerprint density at radius 1 is 1.08 bits per heavy atom. The molecule has 0 radical (unpaired) electrons. The van der Waals surface area contributed by atoms with Crippen LogP contribution in [0.1, 0.15) is 26.3 Å². The van der Waals surface area contributed by atoms with Crippen LogP contribution in [-0.4, -0.2) is 16.6 Å². The van der Waals surface area contributed by atoms with Crippen LogP contribution in [-0.2, 0) is 0 Å². The number of nitrogens with one attached hydrogen (secondary N) is 2. The Morgan fingerprint density at radius 2 is 1.79 bits per heavy atom. The van der Waals surface area contributed by atoms with Crippen LogP contribution in [0.5, 0.6) is 0 Å². The fraction of sp³-hybridized carbons (Fsp3) is 0.0588. The molecule has 7 nitrogen and oxygen atoms in total. The standard InChI is InChI=1S/C17H15N3O4/c1-12-5-7-13(8-6-12)16(21)9-10-18-19-17(22)14-3-2-4-15(11-14)20(23)24/h2-11,18H,1H3,(H,19,22). The summed E-state index contributed by atoms with van der Waals surface area (Å²) in [5.74, 6) is -0.766. The van der Waals surface area contributed by atoms with Gasteiger partial charge in [-0.15, -0.1) is 0 Å². The van der Waals surface area contributed by atoms with E-state index < -0.39 is 10.8 Å². The number of nitrogens with zero attached hydrogens (tertiary/aromatic N) is 1. The maximum atomic E-state index is 11.9. The van der Waals surface area contributed by atoms with Gasteiger partial charge < -0.3 is 5.43 Å². The Labute approximate surface area is 138 Å². The summed E-state index contributed by atoms with van der Waals surface area (Å²) in [6.07, 6.45) is 2.57. The maximum Gasteiger partial charge on any atom is 0.270 e. The molecule has 2 N–H and O–H groups in total. The molecular weight excluding hydrogens is 310 g/mol. The van der Waals surface area contributed by atoms with Gasteiger partial charge in [-0.05, 0) is 13.0 Å². The van der Waals surface area contributed by atoms with E-state index in [9.17, 15) is 19.7 Å². The van der Waals surface area contributed by atoms with Crippen LogP contribution in [0, 0.1) is 17.0 Å². The first-order valence-corrected chi connectivity index (χ1v) is 7.05. The van der Waals surface area contributed by atoms with E-state index in [1.807, 2.05) is 19.1 Å². The third kappa shape index (κ3) is 4.51. The quantitative estimate of drug-likeness (QED) is 0.368. The number of benzene rings is 2. The van der Waals surface area contributed by atoms with Crippen molar-refractivity contribution in [3.8, 4) is 0 Å². The topological polar surface area (TPSA) is 101 Å². The van der Waals surface area contributed by atoms with Gasteiger partial charge in [0.1, 0.15) is 0 Å². The molecule has 2 aromatic rings. The van der Waals surface area contributed by atoms with Crippen molar-refractivity contribution < 1.29 is 14.5 Å². The van der Waals surface area contributed by atoms with Gasteiger partial charge in [-0.2, -0.15) is 0 Å². The Hall–Kier alpha value is -3.48. The number of allylic oxidation sites excluding steroid dienone is 1. The van der Waals surface area contributed by atoms with Gasteiger partial charge in [0.15, 0.2) is 5.78 Å². The average molecular weight is 325 g/mol. The SMILES string of the molecule is Cc1ccc(C(=O)C=CNNC(=O)c2cccc([N+](=O)[O-])c2)cc1. The van der Waals surface area contributed by atoms with Gasteiger partial charge >= 0.3 is 0 Å². The largest absolute Gasteiger partial charge is 0.305 e. The van der Waals surface area contributed by atoms with Gasteiger partial charge in [-0.25, -0.2) is 0 Å². The van der Waals surface area contributed by atoms with Crippen LogP contribution < -0.4 is 10.9 Å². The van der Waals surface area contributed by atoms with Crippen molar-refractivity contribution in [3.05, 3.63) is 87.6 Å². The molecule has 0 atom stereocenters. The van der Waals surface area contributed by atoms with E-state index in [0.717, 1.165) is 11.6 Å². The summed E-state index contributed by atoms with van der Waals surface area (Å²) in [5.41, 5.74) is 6.35. The fourth-order valence-electron chi connectivity index (χ4n) is 1.87. The Bertz CT molecular complexity index is 798. The predicted molar refractivity (Wildman–Crippen MR) is 88.3 cm³/mol. The molecule has 0 fully saturated rings. The minimum atomic E-state index is -0.579. The maximum absolute atomic E-state index is 11.9. The van der Waals surface area contributed by atoms with Crippen LogP contribution in [0.25, 0.3) is 0 Å². The van der Waals surface area contributed by atoms with E-state index in [0.29, 0.717) is 5.56 Å². The van der Waals surface area contributed by atoms with Gasteiger partial charge in [0, 0.05) is 35.5 Å². The molecule has 0 bridgehead atoms. The zero-order valence-electron chi connectivity index (χ0n) is 12.9. The van der Waals surface area contributed by atoms with E-state index in [4.69, 9.17) is 0 Å². The minimum absolute atomic E-state index is 0.134. The molecule has 0 unspecified atom stereocenters. The first-order valence-electron chi connectivity index (χ1n) is 7.05. The van der Waals surface area contributed by atoms with E-state index in [-0.39, 0.29) is 17.0 Å². The van der Waals surface area contributed by atoms with Gasteiger partial charge in [-0.3, -0.25) is 25.1 Å². The van der Waals surface area contributed by atoms with Crippen molar-refractivity contribution in [2.24, 2.45) is 0 Å². The van der Waals surface area contributed by atoms with Crippen LogP contribution in [0.15, 0.2) is 60.8 Å². The molecule has 0 saturated carbocycles. The summed E-state index contributed by atoms with van der Waals surface area (Å²) in [6, 6.07) is 12.4. The first-order chi connectivity index (χ1) is 11.5. The van der Waals surface area contributed by atoms with E-state index >= 15 is 0 Å². The zero-order valence-corrected chi connectivity index (χ0v) is 12.9. The number of carbonyl (C=O) groups is 2. The number of nitro benzene ring substituents is 1. The summed E-state index contributed by atoms with van der Waals surface area (Å²) in [5, 5.41) is 10.7. The van der Waals surface area contributed by atoms with Crippen LogP contribution in [0.4, 0.5) is 5.69 Å². The lowest BCUT2D eigenvalue weighted by atomic mass is 10.1. The molecule has 1 amide bonds. The highest BCUT2D eigenvalue weighted by atomic mass is 16.6. The molecule has 0 aliphatic heterocycles.